The zero-order valence-electron chi connectivity index (χ0n) is 8.59. The van der Waals surface area contributed by atoms with Gasteiger partial charge in [0.1, 0.15) is 11.6 Å². The Balaban J connectivity index is 2.43. The molecule has 2 aromatic rings. The van der Waals surface area contributed by atoms with Crippen molar-refractivity contribution in [3.8, 4) is 0 Å². The summed E-state index contributed by atoms with van der Waals surface area (Å²) in [4.78, 5) is 24.2. The Morgan fingerprint density at radius 1 is 1.31 bits per heavy atom. The van der Waals surface area contributed by atoms with Crippen LogP contribution in [0.4, 0.5) is 0 Å². The molecule has 2 rings (SSSR count). The molecule has 82 valence electrons. The minimum Gasteiger partial charge on any atom is -0.288 e. The first-order chi connectivity index (χ1) is 7.68. The smallest absolute Gasteiger partial charge is 0.267 e. The van der Waals surface area contributed by atoms with Gasteiger partial charge in [-0.25, -0.2) is 15.0 Å². The Kier molecular flexibility index (Phi) is 3.28. The Labute approximate surface area is 106 Å². The summed E-state index contributed by atoms with van der Waals surface area (Å²) in [6.07, 6.45) is 4.88. The first kappa shape index (κ1) is 11.2. The lowest BCUT2D eigenvalue weighted by atomic mass is 10.4. The van der Waals surface area contributed by atoms with Gasteiger partial charge in [-0.15, -0.1) is 0 Å². The van der Waals surface area contributed by atoms with E-state index in [1.807, 2.05) is 22.6 Å². The maximum atomic E-state index is 11.9. The molecule has 0 amide bonds. The van der Waals surface area contributed by atoms with E-state index in [0.29, 0.717) is 21.8 Å². The third-order valence-electron chi connectivity index (χ3n) is 2.12. The Morgan fingerprint density at radius 2 is 2.00 bits per heavy atom. The van der Waals surface area contributed by atoms with Crippen molar-refractivity contribution in [2.75, 3.05) is 0 Å². The third-order valence-corrected chi connectivity index (χ3v) is 2.86. The predicted octanol–water partition coefficient (Wildman–Crippen LogP) is 0.995. The fraction of sp³-hybridized carbons (Fsp3) is 0.200. The highest BCUT2D eigenvalue weighted by molar-refractivity contribution is 14.1. The summed E-state index contributed by atoms with van der Waals surface area (Å²) in [6.45, 7) is 2.15. The largest absolute Gasteiger partial charge is 0.288 e. The van der Waals surface area contributed by atoms with Crippen LogP contribution in [0.25, 0.3) is 0 Å². The number of hydrogen-bond donors (Lipinski definition) is 0. The fourth-order valence-electron chi connectivity index (χ4n) is 1.29. The molecule has 0 unspecified atom stereocenters. The van der Waals surface area contributed by atoms with E-state index >= 15 is 0 Å². The minimum atomic E-state index is -0.0550. The summed E-state index contributed by atoms with van der Waals surface area (Å²) in [7, 11) is 0. The van der Waals surface area contributed by atoms with Crippen molar-refractivity contribution in [1.29, 1.82) is 0 Å². The normalized spacial score (nSPS) is 10.4. The van der Waals surface area contributed by atoms with Gasteiger partial charge in [-0.3, -0.25) is 9.36 Å². The zero-order chi connectivity index (χ0) is 11.5. The lowest BCUT2D eigenvalue weighted by molar-refractivity contribution is 0.664. The topological polar surface area (TPSA) is 60.7 Å². The molecule has 5 nitrogen and oxygen atoms in total. The van der Waals surface area contributed by atoms with Crippen molar-refractivity contribution >= 4 is 22.6 Å². The van der Waals surface area contributed by atoms with Gasteiger partial charge in [0.2, 0.25) is 0 Å². The second kappa shape index (κ2) is 4.69. The van der Waals surface area contributed by atoms with Crippen LogP contribution in [-0.4, -0.2) is 19.5 Å². The predicted molar refractivity (Wildman–Crippen MR) is 67.1 cm³/mol. The van der Waals surface area contributed by atoms with Crippen molar-refractivity contribution in [3.05, 3.63) is 50.2 Å². The van der Waals surface area contributed by atoms with Crippen LogP contribution in [0.5, 0.6) is 0 Å². The number of halogens is 1. The van der Waals surface area contributed by atoms with Crippen molar-refractivity contribution in [2.45, 2.75) is 13.5 Å². The van der Waals surface area contributed by atoms with Crippen LogP contribution in [0.1, 0.15) is 11.6 Å². The molecule has 0 radical (unpaired) electrons. The molecule has 0 bridgehead atoms. The van der Waals surface area contributed by atoms with E-state index in [4.69, 9.17) is 0 Å². The van der Waals surface area contributed by atoms with Crippen LogP contribution in [-0.2, 0) is 6.54 Å². The molecular formula is C10H9IN4O. The fourth-order valence-corrected chi connectivity index (χ4v) is 1.72. The van der Waals surface area contributed by atoms with Crippen LogP contribution in [0, 0.1) is 10.5 Å². The molecular weight excluding hydrogens is 319 g/mol. The highest BCUT2D eigenvalue weighted by Gasteiger charge is 2.06. The molecule has 0 N–H and O–H groups in total. The summed E-state index contributed by atoms with van der Waals surface area (Å²) >= 11 is 1.97. The lowest BCUT2D eigenvalue weighted by Gasteiger charge is -2.07. The number of hydrogen-bond acceptors (Lipinski definition) is 4. The van der Waals surface area contributed by atoms with Crippen molar-refractivity contribution < 1.29 is 0 Å². The number of aryl methyl sites for hydroxylation is 1. The van der Waals surface area contributed by atoms with Crippen molar-refractivity contribution in [2.24, 2.45) is 0 Å². The first-order valence-electron chi connectivity index (χ1n) is 4.66. The van der Waals surface area contributed by atoms with Crippen LogP contribution in [0.3, 0.4) is 0 Å². The second-order valence-corrected chi connectivity index (χ2v) is 4.37. The Morgan fingerprint density at radius 3 is 2.69 bits per heavy atom. The maximum Gasteiger partial charge on any atom is 0.267 e. The summed E-state index contributed by atoms with van der Waals surface area (Å²) in [5.74, 6) is 1.27. The lowest BCUT2D eigenvalue weighted by Crippen LogP contribution is -2.26. The molecule has 16 heavy (non-hydrogen) atoms. The van der Waals surface area contributed by atoms with Gasteiger partial charge < -0.3 is 0 Å². The standard InChI is InChI=1S/C10H9IN4O/c1-7-14-5-8(11)10(16)15(7)6-9-12-3-2-4-13-9/h2-5H,6H2,1H3. The summed E-state index contributed by atoms with van der Waals surface area (Å²) in [5.41, 5.74) is -0.0550. The average Bonchev–Trinajstić information content (AvgIpc) is 2.31. The van der Waals surface area contributed by atoms with Gasteiger partial charge in [-0.1, -0.05) is 0 Å². The van der Waals surface area contributed by atoms with E-state index in [1.54, 1.807) is 36.1 Å². The quantitative estimate of drug-likeness (QED) is 0.772. The molecule has 0 spiro atoms. The molecule has 0 atom stereocenters. The van der Waals surface area contributed by atoms with E-state index < -0.39 is 0 Å². The molecule has 2 heterocycles. The van der Waals surface area contributed by atoms with Crippen LogP contribution in [0.2, 0.25) is 0 Å². The highest BCUT2D eigenvalue weighted by Crippen LogP contribution is 1.99. The monoisotopic (exact) mass is 328 g/mol. The van der Waals surface area contributed by atoms with Gasteiger partial charge in [-0.2, -0.15) is 0 Å². The van der Waals surface area contributed by atoms with E-state index in [0.717, 1.165) is 0 Å². The van der Waals surface area contributed by atoms with Crippen LogP contribution in [0.15, 0.2) is 29.5 Å². The van der Waals surface area contributed by atoms with E-state index in [2.05, 4.69) is 15.0 Å². The van der Waals surface area contributed by atoms with E-state index in [9.17, 15) is 4.79 Å². The Bertz CT molecular complexity index is 552. The molecule has 0 aliphatic carbocycles. The molecule has 0 fully saturated rings. The Hall–Kier alpha value is -1.31. The second-order valence-electron chi connectivity index (χ2n) is 3.21. The molecule has 0 saturated carbocycles. The van der Waals surface area contributed by atoms with E-state index in [1.165, 1.54) is 0 Å². The summed E-state index contributed by atoms with van der Waals surface area (Å²) < 4.78 is 2.16. The number of aromatic nitrogens is 4. The van der Waals surface area contributed by atoms with Crippen molar-refractivity contribution in [3.63, 3.8) is 0 Å². The summed E-state index contributed by atoms with van der Waals surface area (Å²) in [6, 6.07) is 1.74. The minimum absolute atomic E-state index is 0.0550. The molecule has 2 aromatic heterocycles. The third kappa shape index (κ3) is 2.26. The molecule has 0 aliphatic rings. The number of rotatable bonds is 2. The molecule has 0 saturated heterocycles. The average molecular weight is 328 g/mol. The molecule has 6 heteroatoms. The van der Waals surface area contributed by atoms with Crippen molar-refractivity contribution in [1.82, 2.24) is 19.5 Å². The van der Waals surface area contributed by atoms with E-state index in [-0.39, 0.29) is 5.56 Å². The van der Waals surface area contributed by atoms with Crippen LogP contribution >= 0.6 is 22.6 Å². The van der Waals surface area contributed by atoms with Crippen LogP contribution < -0.4 is 5.56 Å². The highest BCUT2D eigenvalue weighted by atomic mass is 127. The number of nitrogens with zero attached hydrogens (tertiary/aromatic N) is 4. The van der Waals surface area contributed by atoms with Gasteiger partial charge in [0.15, 0.2) is 0 Å². The van der Waals surface area contributed by atoms with Gasteiger partial charge in [0.05, 0.1) is 10.1 Å². The molecule has 0 aliphatic heterocycles. The maximum absolute atomic E-state index is 11.9. The molecule has 0 aromatic carbocycles. The van der Waals surface area contributed by atoms with Gasteiger partial charge in [0.25, 0.3) is 5.56 Å². The van der Waals surface area contributed by atoms with Gasteiger partial charge in [0, 0.05) is 18.6 Å². The van der Waals surface area contributed by atoms with Gasteiger partial charge >= 0.3 is 0 Å². The first-order valence-corrected chi connectivity index (χ1v) is 5.74. The zero-order valence-corrected chi connectivity index (χ0v) is 10.7. The SMILES string of the molecule is Cc1ncc(I)c(=O)n1Cc1ncccn1. The van der Waals surface area contributed by atoms with Gasteiger partial charge in [-0.05, 0) is 35.6 Å². The summed E-state index contributed by atoms with van der Waals surface area (Å²) in [5, 5.41) is 0.